The van der Waals surface area contributed by atoms with Gasteiger partial charge in [-0.15, -0.1) is 0 Å². The maximum absolute atomic E-state index is 12.6. The van der Waals surface area contributed by atoms with E-state index >= 15 is 0 Å². The van der Waals surface area contributed by atoms with Gasteiger partial charge in [-0.1, -0.05) is 6.07 Å². The molecule has 1 aromatic heterocycles. The molecular weight excluding hydrogens is 396 g/mol. The summed E-state index contributed by atoms with van der Waals surface area (Å²) in [6, 6.07) is 6.82. The van der Waals surface area contributed by atoms with E-state index in [-0.39, 0.29) is 24.3 Å². The zero-order chi connectivity index (χ0) is 22.4. The lowest BCUT2D eigenvalue weighted by molar-refractivity contribution is -0.137. The highest BCUT2D eigenvalue weighted by molar-refractivity contribution is 5.97. The van der Waals surface area contributed by atoms with Gasteiger partial charge < -0.3 is 20.3 Å². The van der Waals surface area contributed by atoms with Crippen LogP contribution >= 0.6 is 0 Å². The van der Waals surface area contributed by atoms with Crippen LogP contribution in [0.15, 0.2) is 36.7 Å². The van der Waals surface area contributed by atoms with Crippen molar-refractivity contribution in [3.8, 4) is 5.75 Å². The molecule has 0 spiro atoms. The molecule has 2 aromatic rings. The first-order valence-corrected chi connectivity index (χ1v) is 10.3. The minimum Gasteiger partial charge on any atom is -0.488 e. The lowest BCUT2D eigenvalue weighted by atomic mass is 10.0. The van der Waals surface area contributed by atoms with Crippen LogP contribution in [0, 0.1) is 13.8 Å². The Balaban J connectivity index is 1.60. The molecule has 0 saturated carbocycles. The smallest absolute Gasteiger partial charge is 0.251 e. The Morgan fingerprint density at radius 2 is 1.97 bits per heavy atom. The SMILES string of the molecule is CNC(=O)C1CCCN1C(=O)CNC(=O)c1cc(C)c(OCc2cccnc2)c(C)c1. The highest BCUT2D eigenvalue weighted by atomic mass is 16.5. The van der Waals surface area contributed by atoms with E-state index in [1.165, 1.54) is 4.90 Å². The summed E-state index contributed by atoms with van der Waals surface area (Å²) in [6.07, 6.45) is 4.87. The van der Waals surface area contributed by atoms with E-state index in [0.717, 1.165) is 28.9 Å². The number of hydrogen-bond donors (Lipinski definition) is 2. The Labute approximate surface area is 182 Å². The summed E-state index contributed by atoms with van der Waals surface area (Å²) >= 11 is 0. The number of amides is 3. The number of benzene rings is 1. The number of carbonyl (C=O) groups is 3. The van der Waals surface area contributed by atoms with Gasteiger partial charge in [0.05, 0.1) is 6.54 Å². The quantitative estimate of drug-likeness (QED) is 0.705. The highest BCUT2D eigenvalue weighted by Gasteiger charge is 2.33. The van der Waals surface area contributed by atoms with Crippen LogP contribution in [0.4, 0.5) is 0 Å². The summed E-state index contributed by atoms with van der Waals surface area (Å²) in [4.78, 5) is 42.7. The minimum absolute atomic E-state index is 0.149. The first-order chi connectivity index (χ1) is 14.9. The molecule has 1 aliphatic rings. The average Bonchev–Trinajstić information content (AvgIpc) is 3.26. The van der Waals surface area contributed by atoms with Gasteiger partial charge in [-0.3, -0.25) is 19.4 Å². The van der Waals surface area contributed by atoms with E-state index in [9.17, 15) is 14.4 Å². The van der Waals surface area contributed by atoms with Gasteiger partial charge in [0, 0.05) is 37.1 Å². The van der Waals surface area contributed by atoms with Gasteiger partial charge in [0.2, 0.25) is 11.8 Å². The molecule has 164 valence electrons. The molecule has 2 heterocycles. The van der Waals surface area contributed by atoms with Gasteiger partial charge in [0.25, 0.3) is 5.91 Å². The molecule has 3 rings (SSSR count). The minimum atomic E-state index is -0.463. The van der Waals surface area contributed by atoms with Crippen molar-refractivity contribution in [3.63, 3.8) is 0 Å². The van der Waals surface area contributed by atoms with Crippen LogP contribution in [0.3, 0.4) is 0 Å². The molecule has 0 radical (unpaired) electrons. The van der Waals surface area contributed by atoms with Crippen molar-refractivity contribution >= 4 is 17.7 Å². The van der Waals surface area contributed by atoms with Crippen LogP contribution in [-0.4, -0.2) is 53.8 Å². The van der Waals surface area contributed by atoms with Gasteiger partial charge in [0.1, 0.15) is 18.4 Å². The Kier molecular flexibility index (Phi) is 7.23. The second kappa shape index (κ2) is 10.1. The van der Waals surface area contributed by atoms with Gasteiger partial charge in [-0.25, -0.2) is 0 Å². The Morgan fingerprint density at radius 3 is 2.61 bits per heavy atom. The fourth-order valence-corrected chi connectivity index (χ4v) is 3.81. The molecule has 1 aliphatic heterocycles. The number of aromatic nitrogens is 1. The maximum Gasteiger partial charge on any atom is 0.251 e. The normalized spacial score (nSPS) is 15.5. The molecule has 1 saturated heterocycles. The number of pyridine rings is 1. The summed E-state index contributed by atoms with van der Waals surface area (Å²) in [6.45, 7) is 4.52. The van der Waals surface area contributed by atoms with E-state index in [1.807, 2.05) is 26.0 Å². The third kappa shape index (κ3) is 5.39. The van der Waals surface area contributed by atoms with Crippen LogP contribution in [0.25, 0.3) is 0 Å². The van der Waals surface area contributed by atoms with Gasteiger partial charge in [0.15, 0.2) is 0 Å². The number of carbonyl (C=O) groups excluding carboxylic acids is 3. The van der Waals surface area contributed by atoms with Gasteiger partial charge in [-0.05, 0) is 56.0 Å². The third-order valence-electron chi connectivity index (χ3n) is 5.35. The van der Waals surface area contributed by atoms with Crippen LogP contribution in [0.1, 0.15) is 39.9 Å². The molecular formula is C23H28N4O4. The third-order valence-corrected chi connectivity index (χ3v) is 5.35. The number of nitrogens with one attached hydrogen (secondary N) is 2. The molecule has 2 N–H and O–H groups in total. The number of hydrogen-bond acceptors (Lipinski definition) is 5. The first kappa shape index (κ1) is 22.3. The fourth-order valence-electron chi connectivity index (χ4n) is 3.81. The lowest BCUT2D eigenvalue weighted by Gasteiger charge is -2.23. The first-order valence-electron chi connectivity index (χ1n) is 10.3. The zero-order valence-corrected chi connectivity index (χ0v) is 18.1. The van der Waals surface area contributed by atoms with Crippen LogP contribution in [0.5, 0.6) is 5.75 Å². The summed E-state index contributed by atoms with van der Waals surface area (Å²) in [5, 5.41) is 5.26. The van der Waals surface area contributed by atoms with E-state index in [2.05, 4.69) is 15.6 Å². The van der Waals surface area contributed by atoms with Crippen molar-refractivity contribution in [2.24, 2.45) is 0 Å². The van der Waals surface area contributed by atoms with Crippen LogP contribution in [-0.2, 0) is 16.2 Å². The predicted octanol–water partition coefficient (Wildman–Crippen LogP) is 1.74. The van der Waals surface area contributed by atoms with Crippen molar-refractivity contribution in [2.75, 3.05) is 20.1 Å². The molecule has 31 heavy (non-hydrogen) atoms. The largest absolute Gasteiger partial charge is 0.488 e. The molecule has 3 amide bonds. The second-order valence-corrected chi connectivity index (χ2v) is 7.63. The van der Waals surface area contributed by atoms with E-state index in [4.69, 9.17) is 4.74 Å². The molecule has 0 bridgehead atoms. The molecule has 8 heteroatoms. The number of ether oxygens (including phenoxy) is 1. The maximum atomic E-state index is 12.6. The summed E-state index contributed by atoms with van der Waals surface area (Å²) < 4.78 is 5.93. The number of likely N-dealkylation sites (tertiary alicyclic amines) is 1. The molecule has 1 unspecified atom stereocenters. The number of rotatable bonds is 7. The molecule has 1 atom stereocenters. The second-order valence-electron chi connectivity index (χ2n) is 7.63. The Bertz CT molecular complexity index is 938. The van der Waals surface area contributed by atoms with Crippen molar-refractivity contribution < 1.29 is 19.1 Å². The van der Waals surface area contributed by atoms with Crippen molar-refractivity contribution in [3.05, 3.63) is 58.9 Å². The van der Waals surface area contributed by atoms with E-state index in [1.54, 1.807) is 31.6 Å². The van der Waals surface area contributed by atoms with Crippen LogP contribution < -0.4 is 15.4 Å². The predicted molar refractivity (Wildman–Crippen MR) is 116 cm³/mol. The van der Waals surface area contributed by atoms with Crippen molar-refractivity contribution in [1.82, 2.24) is 20.5 Å². The molecule has 1 fully saturated rings. The van der Waals surface area contributed by atoms with Gasteiger partial charge >= 0.3 is 0 Å². The van der Waals surface area contributed by atoms with E-state index in [0.29, 0.717) is 25.1 Å². The standard InChI is InChI=1S/C23H28N4O4/c1-15-10-18(11-16(2)21(15)31-14-17-6-4-8-25-12-17)22(29)26-13-20(28)27-9-5-7-19(27)23(30)24-3/h4,6,8,10-12,19H,5,7,9,13-14H2,1-3H3,(H,24,30)(H,26,29). The summed E-state index contributed by atoms with van der Waals surface area (Å²) in [5.41, 5.74) is 3.08. The Morgan fingerprint density at radius 1 is 1.23 bits per heavy atom. The topological polar surface area (TPSA) is 101 Å². The fraction of sp³-hybridized carbons (Fsp3) is 0.391. The average molecular weight is 425 g/mol. The lowest BCUT2D eigenvalue weighted by Crippen LogP contribution is -2.48. The number of aryl methyl sites for hydroxylation is 2. The molecule has 0 aliphatic carbocycles. The van der Waals surface area contributed by atoms with Crippen molar-refractivity contribution in [1.29, 1.82) is 0 Å². The number of likely N-dealkylation sites (N-methyl/N-ethyl adjacent to an activating group) is 1. The highest BCUT2D eigenvalue weighted by Crippen LogP contribution is 2.26. The van der Waals surface area contributed by atoms with E-state index < -0.39 is 6.04 Å². The van der Waals surface area contributed by atoms with Gasteiger partial charge in [-0.2, -0.15) is 0 Å². The zero-order valence-electron chi connectivity index (χ0n) is 18.1. The summed E-state index contributed by atoms with van der Waals surface area (Å²) in [7, 11) is 1.56. The molecule has 8 nitrogen and oxygen atoms in total. The summed E-state index contributed by atoms with van der Waals surface area (Å²) in [5.74, 6) is -0.0503. The van der Waals surface area contributed by atoms with Crippen LogP contribution in [0.2, 0.25) is 0 Å². The monoisotopic (exact) mass is 424 g/mol. The Hall–Kier alpha value is -3.42. The number of nitrogens with zero attached hydrogens (tertiary/aromatic N) is 2. The van der Waals surface area contributed by atoms with Crippen molar-refractivity contribution in [2.45, 2.75) is 39.3 Å². The molecule has 1 aromatic carbocycles.